The number of hydrogen-bond acceptors (Lipinski definition) is 1. The fourth-order valence-electron chi connectivity index (χ4n) is 3.45. The standard InChI is InChI=1S/C21H29N/c1-13(2)19-16(6)15(5)17(7)20(14(3)4)21(19)22-18-11-9-8-10-12-18/h8-14,22H,1-7H3. The highest BCUT2D eigenvalue weighted by Crippen LogP contribution is 2.40. The molecule has 0 aliphatic rings. The van der Waals surface area contributed by atoms with E-state index in [1.54, 1.807) is 0 Å². The number of hydrogen-bond donors (Lipinski definition) is 1. The zero-order valence-electron chi connectivity index (χ0n) is 15.0. The molecule has 0 spiro atoms. The van der Waals surface area contributed by atoms with Gasteiger partial charge in [0.2, 0.25) is 0 Å². The van der Waals surface area contributed by atoms with E-state index in [0.29, 0.717) is 11.8 Å². The van der Waals surface area contributed by atoms with Crippen LogP contribution in [0.2, 0.25) is 0 Å². The van der Waals surface area contributed by atoms with Gasteiger partial charge in [0, 0.05) is 11.4 Å². The maximum absolute atomic E-state index is 3.71. The van der Waals surface area contributed by atoms with Crippen molar-refractivity contribution in [1.29, 1.82) is 0 Å². The number of para-hydroxylation sites is 1. The van der Waals surface area contributed by atoms with Crippen LogP contribution in [0.3, 0.4) is 0 Å². The third-order valence-electron chi connectivity index (χ3n) is 4.67. The van der Waals surface area contributed by atoms with Crippen molar-refractivity contribution in [2.45, 2.75) is 60.3 Å². The van der Waals surface area contributed by atoms with Crippen LogP contribution < -0.4 is 5.32 Å². The fourth-order valence-corrected chi connectivity index (χ4v) is 3.45. The summed E-state index contributed by atoms with van der Waals surface area (Å²) in [5.41, 5.74) is 9.67. The van der Waals surface area contributed by atoms with Gasteiger partial charge in [-0.1, -0.05) is 45.9 Å². The Kier molecular flexibility index (Phi) is 4.95. The smallest absolute Gasteiger partial charge is 0.0460 e. The van der Waals surface area contributed by atoms with Crippen LogP contribution in [0.15, 0.2) is 30.3 Å². The summed E-state index contributed by atoms with van der Waals surface area (Å²) in [5.74, 6) is 1.01. The van der Waals surface area contributed by atoms with E-state index in [0.717, 1.165) is 5.69 Å². The van der Waals surface area contributed by atoms with Gasteiger partial charge in [0.05, 0.1) is 0 Å². The molecule has 0 fully saturated rings. The highest BCUT2D eigenvalue weighted by atomic mass is 14.9. The summed E-state index contributed by atoms with van der Waals surface area (Å²) in [7, 11) is 0. The minimum absolute atomic E-state index is 0.503. The molecule has 22 heavy (non-hydrogen) atoms. The molecule has 0 aliphatic carbocycles. The van der Waals surface area contributed by atoms with Crippen LogP contribution in [0.25, 0.3) is 0 Å². The van der Waals surface area contributed by atoms with Crippen molar-refractivity contribution in [1.82, 2.24) is 0 Å². The Morgan fingerprint density at radius 3 is 1.55 bits per heavy atom. The van der Waals surface area contributed by atoms with Crippen LogP contribution in [0, 0.1) is 20.8 Å². The van der Waals surface area contributed by atoms with Crippen LogP contribution in [-0.2, 0) is 0 Å². The summed E-state index contributed by atoms with van der Waals surface area (Å²) >= 11 is 0. The minimum atomic E-state index is 0.503. The molecule has 0 aromatic heterocycles. The van der Waals surface area contributed by atoms with Crippen molar-refractivity contribution in [2.75, 3.05) is 5.32 Å². The summed E-state index contributed by atoms with van der Waals surface area (Å²) in [4.78, 5) is 0. The molecule has 0 amide bonds. The number of benzene rings is 2. The topological polar surface area (TPSA) is 12.0 Å². The van der Waals surface area contributed by atoms with E-state index in [-0.39, 0.29) is 0 Å². The van der Waals surface area contributed by atoms with Gasteiger partial charge >= 0.3 is 0 Å². The van der Waals surface area contributed by atoms with Gasteiger partial charge in [-0.3, -0.25) is 0 Å². The summed E-state index contributed by atoms with van der Waals surface area (Å²) in [6.45, 7) is 15.9. The second-order valence-electron chi connectivity index (χ2n) is 6.88. The Morgan fingerprint density at radius 2 is 1.14 bits per heavy atom. The van der Waals surface area contributed by atoms with Gasteiger partial charge in [-0.25, -0.2) is 0 Å². The average Bonchev–Trinajstić information content (AvgIpc) is 2.45. The van der Waals surface area contributed by atoms with E-state index in [1.165, 1.54) is 33.5 Å². The summed E-state index contributed by atoms with van der Waals surface area (Å²) < 4.78 is 0. The average molecular weight is 295 g/mol. The quantitative estimate of drug-likeness (QED) is 0.669. The van der Waals surface area contributed by atoms with Crippen LogP contribution in [-0.4, -0.2) is 0 Å². The van der Waals surface area contributed by atoms with Crippen molar-refractivity contribution in [2.24, 2.45) is 0 Å². The van der Waals surface area contributed by atoms with Crippen molar-refractivity contribution >= 4 is 11.4 Å². The number of rotatable bonds is 4. The molecule has 0 saturated carbocycles. The SMILES string of the molecule is Cc1c(C)c(C(C)C)c(Nc2ccccc2)c(C(C)C)c1C. The first-order chi connectivity index (χ1) is 10.3. The van der Waals surface area contributed by atoms with Crippen molar-refractivity contribution in [3.05, 3.63) is 58.1 Å². The Morgan fingerprint density at radius 1 is 0.682 bits per heavy atom. The maximum Gasteiger partial charge on any atom is 0.0460 e. The predicted molar refractivity (Wildman–Crippen MR) is 98.6 cm³/mol. The van der Waals surface area contributed by atoms with Crippen LogP contribution in [0.5, 0.6) is 0 Å². The van der Waals surface area contributed by atoms with E-state index in [4.69, 9.17) is 0 Å². The van der Waals surface area contributed by atoms with E-state index in [2.05, 4.69) is 84.1 Å². The summed E-state index contributed by atoms with van der Waals surface area (Å²) in [6, 6.07) is 10.5. The molecule has 0 atom stereocenters. The zero-order chi connectivity index (χ0) is 16.4. The Labute approximate surface area is 135 Å². The second-order valence-corrected chi connectivity index (χ2v) is 6.88. The lowest BCUT2D eigenvalue weighted by atomic mass is 9.83. The van der Waals surface area contributed by atoms with Gasteiger partial charge in [-0.15, -0.1) is 0 Å². The van der Waals surface area contributed by atoms with Crippen LogP contribution in [0.4, 0.5) is 11.4 Å². The van der Waals surface area contributed by atoms with Gasteiger partial charge in [-0.2, -0.15) is 0 Å². The molecular weight excluding hydrogens is 266 g/mol. The third kappa shape index (κ3) is 3.04. The first kappa shape index (κ1) is 16.6. The lowest BCUT2D eigenvalue weighted by Gasteiger charge is -2.27. The summed E-state index contributed by atoms with van der Waals surface area (Å²) in [6.07, 6.45) is 0. The molecule has 0 unspecified atom stereocenters. The molecule has 2 aromatic rings. The maximum atomic E-state index is 3.71. The molecule has 1 N–H and O–H groups in total. The zero-order valence-corrected chi connectivity index (χ0v) is 15.0. The van der Waals surface area contributed by atoms with Crippen LogP contribution in [0.1, 0.15) is 67.3 Å². The van der Waals surface area contributed by atoms with E-state index >= 15 is 0 Å². The van der Waals surface area contributed by atoms with Crippen molar-refractivity contribution < 1.29 is 0 Å². The molecule has 1 nitrogen and oxygen atoms in total. The molecule has 2 rings (SSSR count). The molecule has 0 aliphatic heterocycles. The number of nitrogens with one attached hydrogen (secondary N) is 1. The third-order valence-corrected chi connectivity index (χ3v) is 4.67. The second kappa shape index (κ2) is 6.56. The molecule has 0 heterocycles. The highest BCUT2D eigenvalue weighted by molar-refractivity contribution is 5.73. The first-order valence-electron chi connectivity index (χ1n) is 8.30. The molecule has 0 saturated heterocycles. The molecule has 1 heteroatoms. The highest BCUT2D eigenvalue weighted by Gasteiger charge is 2.21. The van der Waals surface area contributed by atoms with E-state index < -0.39 is 0 Å². The van der Waals surface area contributed by atoms with Crippen LogP contribution >= 0.6 is 0 Å². The Hall–Kier alpha value is -1.76. The molecule has 2 aromatic carbocycles. The van der Waals surface area contributed by atoms with Gasteiger partial charge in [0.15, 0.2) is 0 Å². The predicted octanol–water partition coefficient (Wildman–Crippen LogP) is 6.60. The van der Waals surface area contributed by atoms with Crippen molar-refractivity contribution in [3.63, 3.8) is 0 Å². The Bertz CT molecular complexity index is 616. The molecule has 0 bridgehead atoms. The first-order valence-corrected chi connectivity index (χ1v) is 8.30. The van der Waals surface area contributed by atoms with Gasteiger partial charge in [-0.05, 0) is 72.6 Å². The molecular formula is C21H29N. The van der Waals surface area contributed by atoms with E-state index in [1.807, 2.05) is 0 Å². The lowest BCUT2D eigenvalue weighted by Crippen LogP contribution is -2.10. The molecule has 0 radical (unpaired) electrons. The molecule has 118 valence electrons. The number of anilines is 2. The fraction of sp³-hybridized carbons (Fsp3) is 0.429. The van der Waals surface area contributed by atoms with Gasteiger partial charge < -0.3 is 5.32 Å². The monoisotopic (exact) mass is 295 g/mol. The normalized spacial score (nSPS) is 11.3. The van der Waals surface area contributed by atoms with E-state index in [9.17, 15) is 0 Å². The van der Waals surface area contributed by atoms with Gasteiger partial charge in [0.25, 0.3) is 0 Å². The summed E-state index contributed by atoms with van der Waals surface area (Å²) in [5, 5.41) is 3.71. The van der Waals surface area contributed by atoms with Gasteiger partial charge in [0.1, 0.15) is 0 Å². The lowest BCUT2D eigenvalue weighted by molar-refractivity contribution is 0.820. The van der Waals surface area contributed by atoms with Crippen molar-refractivity contribution in [3.8, 4) is 0 Å². The largest absolute Gasteiger partial charge is 0.355 e. The minimum Gasteiger partial charge on any atom is -0.355 e. The Balaban J connectivity index is 2.72.